The van der Waals surface area contributed by atoms with Crippen LogP contribution in [0.5, 0.6) is 0 Å². The Kier molecular flexibility index (Phi) is 7.71. The van der Waals surface area contributed by atoms with Gasteiger partial charge in [0.25, 0.3) is 5.91 Å². The monoisotopic (exact) mass is 529 g/mol. The molecule has 0 bridgehead atoms. The number of hydrogen-bond acceptors (Lipinski definition) is 2. The number of rotatable bonds is 7. The van der Waals surface area contributed by atoms with E-state index < -0.39 is 28.8 Å². The van der Waals surface area contributed by atoms with Crippen LogP contribution in [0, 0.1) is 5.82 Å². The number of halogens is 5. The molecule has 4 rings (SSSR count). The van der Waals surface area contributed by atoms with E-state index in [-0.39, 0.29) is 30.0 Å². The molecule has 0 aliphatic rings. The van der Waals surface area contributed by atoms with E-state index >= 15 is 0 Å². The van der Waals surface area contributed by atoms with E-state index in [0.717, 1.165) is 11.6 Å². The average molecular weight is 530 g/mol. The number of amides is 1. The van der Waals surface area contributed by atoms with Crippen LogP contribution in [0.15, 0.2) is 78.9 Å². The number of hydrogen-bond donors (Lipinski definition) is 2. The maximum absolute atomic E-state index is 15.0. The highest BCUT2D eigenvalue weighted by molar-refractivity contribution is 6.22. The maximum Gasteiger partial charge on any atom is 0.418 e. The Balaban J connectivity index is 1.72. The Labute approximate surface area is 216 Å². The fourth-order valence-corrected chi connectivity index (χ4v) is 4.50. The molecule has 3 aromatic carbocycles. The first-order valence-corrected chi connectivity index (χ1v) is 12.0. The lowest BCUT2D eigenvalue weighted by molar-refractivity contribution is -0.138. The molecule has 1 heterocycles. The molecule has 4 nitrogen and oxygen atoms in total. The number of carbonyl (C=O) groups excluding carboxylic acids is 1. The zero-order valence-electron chi connectivity index (χ0n) is 19.8. The van der Waals surface area contributed by atoms with Crippen molar-refractivity contribution in [3.63, 3.8) is 0 Å². The van der Waals surface area contributed by atoms with Crippen LogP contribution in [0.3, 0.4) is 0 Å². The third kappa shape index (κ3) is 5.55. The Bertz CT molecular complexity index is 1420. The van der Waals surface area contributed by atoms with Crippen molar-refractivity contribution < 1.29 is 22.4 Å². The lowest BCUT2D eigenvalue weighted by Crippen LogP contribution is -2.18. The van der Waals surface area contributed by atoms with Gasteiger partial charge in [-0.3, -0.25) is 4.79 Å². The largest absolute Gasteiger partial charge is 0.418 e. The minimum absolute atomic E-state index is 0.00856. The normalized spacial score (nSPS) is 12.4. The third-order valence-corrected chi connectivity index (χ3v) is 6.51. The van der Waals surface area contributed by atoms with Gasteiger partial charge in [-0.1, -0.05) is 55.5 Å². The summed E-state index contributed by atoms with van der Waals surface area (Å²) in [5.41, 5.74) is 6.51. The van der Waals surface area contributed by atoms with Gasteiger partial charge in [0, 0.05) is 17.9 Å². The van der Waals surface area contributed by atoms with E-state index in [4.69, 9.17) is 17.3 Å². The number of benzene rings is 3. The molecule has 0 radical (unpaired) electrons. The van der Waals surface area contributed by atoms with E-state index in [1.807, 2.05) is 30.3 Å². The number of anilines is 1. The Hall–Kier alpha value is -3.62. The van der Waals surface area contributed by atoms with E-state index in [1.54, 1.807) is 37.3 Å². The highest BCUT2D eigenvalue weighted by Crippen LogP contribution is 2.37. The zero-order chi connectivity index (χ0) is 26.7. The van der Waals surface area contributed by atoms with Gasteiger partial charge in [-0.15, -0.1) is 11.6 Å². The van der Waals surface area contributed by atoms with Crippen LogP contribution in [0.2, 0.25) is 0 Å². The van der Waals surface area contributed by atoms with Gasteiger partial charge in [-0.2, -0.15) is 13.2 Å². The maximum atomic E-state index is 15.0. The molecule has 37 heavy (non-hydrogen) atoms. The first kappa shape index (κ1) is 26.4. The molecular formula is C28H24ClF4N3O. The van der Waals surface area contributed by atoms with Gasteiger partial charge in [0.15, 0.2) is 0 Å². The fourth-order valence-electron chi connectivity index (χ4n) is 4.22. The summed E-state index contributed by atoms with van der Waals surface area (Å²) in [6, 6.07) is 20.6. The molecule has 0 aliphatic heterocycles. The molecule has 192 valence electrons. The standard InChI is InChI=1S/C28H24ClF4N3O/c1-2-24-21(28(31,32)33)15-25(36(24)20-10-6-7-17(13-20)16-34)27(37)35-23-12-11-19(14-22(23)30)26(29)18-8-4-3-5-9-18/h3-15,26H,2,16,34H2,1H3,(H,35,37). The van der Waals surface area contributed by atoms with Crippen molar-refractivity contribution in [1.29, 1.82) is 0 Å². The molecule has 9 heteroatoms. The smallest absolute Gasteiger partial charge is 0.326 e. The van der Waals surface area contributed by atoms with Crippen molar-refractivity contribution in [2.75, 3.05) is 5.32 Å². The number of nitrogens with zero attached hydrogens (tertiary/aromatic N) is 1. The van der Waals surface area contributed by atoms with Crippen LogP contribution in [0.25, 0.3) is 5.69 Å². The summed E-state index contributed by atoms with van der Waals surface area (Å²) in [5, 5.41) is 1.80. The number of nitrogens with two attached hydrogens (primary N) is 1. The lowest BCUT2D eigenvalue weighted by atomic mass is 10.0. The van der Waals surface area contributed by atoms with Crippen molar-refractivity contribution in [2.45, 2.75) is 31.4 Å². The van der Waals surface area contributed by atoms with Crippen LogP contribution in [-0.2, 0) is 19.1 Å². The predicted molar refractivity (Wildman–Crippen MR) is 137 cm³/mol. The van der Waals surface area contributed by atoms with Gasteiger partial charge in [0.2, 0.25) is 0 Å². The van der Waals surface area contributed by atoms with E-state index in [0.29, 0.717) is 16.8 Å². The molecule has 1 aromatic heterocycles. The zero-order valence-corrected chi connectivity index (χ0v) is 20.6. The number of carbonyl (C=O) groups is 1. The molecule has 1 atom stereocenters. The van der Waals surface area contributed by atoms with E-state index in [1.165, 1.54) is 16.7 Å². The summed E-state index contributed by atoms with van der Waals surface area (Å²) in [5.74, 6) is -1.65. The molecule has 3 N–H and O–H groups in total. The molecule has 0 spiro atoms. The topological polar surface area (TPSA) is 60.0 Å². The highest BCUT2D eigenvalue weighted by atomic mass is 35.5. The molecular weight excluding hydrogens is 506 g/mol. The van der Waals surface area contributed by atoms with Gasteiger partial charge in [0.1, 0.15) is 11.5 Å². The number of nitrogens with one attached hydrogen (secondary N) is 1. The van der Waals surface area contributed by atoms with Crippen molar-refractivity contribution >= 4 is 23.2 Å². The van der Waals surface area contributed by atoms with Crippen LogP contribution in [-0.4, -0.2) is 10.5 Å². The van der Waals surface area contributed by atoms with Gasteiger partial charge >= 0.3 is 6.18 Å². The SMILES string of the molecule is CCc1c(C(F)(F)F)cc(C(=O)Nc2ccc(C(Cl)c3ccccc3)cc2F)n1-c1cccc(CN)c1. The second kappa shape index (κ2) is 10.8. The average Bonchev–Trinajstić information content (AvgIpc) is 3.30. The summed E-state index contributed by atoms with van der Waals surface area (Å²) >= 11 is 6.48. The van der Waals surface area contributed by atoms with Gasteiger partial charge in [0.05, 0.1) is 16.6 Å². The van der Waals surface area contributed by atoms with Crippen LogP contribution in [0.1, 0.15) is 50.7 Å². The second-order valence-corrected chi connectivity index (χ2v) is 8.85. The summed E-state index contributed by atoms with van der Waals surface area (Å²) in [7, 11) is 0. The first-order valence-electron chi connectivity index (χ1n) is 11.5. The van der Waals surface area contributed by atoms with Crippen molar-refractivity contribution in [1.82, 2.24) is 4.57 Å². The molecule has 0 aliphatic carbocycles. The summed E-state index contributed by atoms with van der Waals surface area (Å²) in [4.78, 5) is 13.2. The molecule has 1 amide bonds. The number of aromatic nitrogens is 1. The quantitative estimate of drug-likeness (QED) is 0.196. The molecule has 0 saturated carbocycles. The Morgan fingerprint density at radius 3 is 2.35 bits per heavy atom. The summed E-state index contributed by atoms with van der Waals surface area (Å²) in [6.07, 6.45) is -4.68. The van der Waals surface area contributed by atoms with Gasteiger partial charge in [-0.25, -0.2) is 4.39 Å². The van der Waals surface area contributed by atoms with Crippen LogP contribution in [0.4, 0.5) is 23.2 Å². The number of alkyl halides is 4. The Morgan fingerprint density at radius 1 is 1.00 bits per heavy atom. The summed E-state index contributed by atoms with van der Waals surface area (Å²) in [6.45, 7) is 1.75. The minimum atomic E-state index is -4.68. The van der Waals surface area contributed by atoms with Gasteiger partial charge < -0.3 is 15.6 Å². The first-order chi connectivity index (χ1) is 17.6. The van der Waals surface area contributed by atoms with Crippen LogP contribution >= 0.6 is 11.6 Å². The third-order valence-electron chi connectivity index (χ3n) is 6.01. The molecule has 1 unspecified atom stereocenters. The molecule has 0 saturated heterocycles. The lowest BCUT2D eigenvalue weighted by Gasteiger charge is -2.16. The van der Waals surface area contributed by atoms with Crippen LogP contribution < -0.4 is 11.1 Å². The second-order valence-electron chi connectivity index (χ2n) is 8.42. The van der Waals surface area contributed by atoms with Crippen molar-refractivity contribution in [2.24, 2.45) is 5.73 Å². The highest BCUT2D eigenvalue weighted by Gasteiger charge is 2.37. The fraction of sp³-hybridized carbons (Fsp3) is 0.179. The van der Waals surface area contributed by atoms with Gasteiger partial charge in [-0.05, 0) is 53.4 Å². The molecule has 4 aromatic rings. The summed E-state index contributed by atoms with van der Waals surface area (Å²) < 4.78 is 57.8. The Morgan fingerprint density at radius 2 is 1.73 bits per heavy atom. The minimum Gasteiger partial charge on any atom is -0.326 e. The van der Waals surface area contributed by atoms with E-state index in [9.17, 15) is 22.4 Å². The molecule has 0 fully saturated rings. The predicted octanol–water partition coefficient (Wildman–Crippen LogP) is 7.24. The van der Waals surface area contributed by atoms with Crippen molar-refractivity contribution in [3.8, 4) is 5.69 Å². The van der Waals surface area contributed by atoms with Crippen molar-refractivity contribution in [3.05, 3.63) is 118 Å². The van der Waals surface area contributed by atoms with E-state index in [2.05, 4.69) is 5.32 Å².